The molecule has 7 heteroatoms. The number of carbonyl (C=O) groups excluding carboxylic acids is 1. The van der Waals surface area contributed by atoms with Gasteiger partial charge in [0, 0.05) is 19.7 Å². The van der Waals surface area contributed by atoms with Crippen molar-refractivity contribution in [1.29, 1.82) is 0 Å². The maximum atomic E-state index is 12.6. The van der Waals surface area contributed by atoms with E-state index in [4.69, 9.17) is 4.74 Å². The maximum absolute atomic E-state index is 12.6. The molecule has 0 radical (unpaired) electrons. The van der Waals surface area contributed by atoms with E-state index in [1.54, 1.807) is 17.0 Å². The molecule has 1 N–H and O–H groups in total. The summed E-state index contributed by atoms with van der Waals surface area (Å²) in [6.45, 7) is 3.63. The molecule has 2 atom stereocenters. The van der Waals surface area contributed by atoms with E-state index < -0.39 is 10.0 Å². The lowest BCUT2D eigenvalue weighted by Gasteiger charge is -2.32. The van der Waals surface area contributed by atoms with Gasteiger partial charge in [-0.05, 0) is 43.0 Å². The summed E-state index contributed by atoms with van der Waals surface area (Å²) in [6, 6.07) is 5.23. The molecule has 0 aromatic heterocycles. The summed E-state index contributed by atoms with van der Waals surface area (Å²) in [5, 5.41) is 0. The summed E-state index contributed by atoms with van der Waals surface area (Å²) in [4.78, 5) is 14.7. The Balaban J connectivity index is 1.85. The van der Waals surface area contributed by atoms with Crippen LogP contribution in [0.4, 0.5) is 0 Å². The lowest BCUT2D eigenvalue weighted by molar-refractivity contribution is -0.143. The maximum Gasteiger partial charge on any atom is 0.252 e. The van der Waals surface area contributed by atoms with Crippen molar-refractivity contribution < 1.29 is 17.9 Å². The van der Waals surface area contributed by atoms with Gasteiger partial charge >= 0.3 is 0 Å². The van der Waals surface area contributed by atoms with E-state index >= 15 is 0 Å². The number of sulfonamides is 1. The van der Waals surface area contributed by atoms with Crippen molar-refractivity contribution in [1.82, 2.24) is 9.62 Å². The zero-order valence-corrected chi connectivity index (χ0v) is 14.2. The molecule has 0 spiro atoms. The highest BCUT2D eigenvalue weighted by molar-refractivity contribution is 7.89. The first-order valence-electron chi connectivity index (χ1n) is 7.88. The summed E-state index contributed by atoms with van der Waals surface area (Å²) in [7, 11) is -2.07. The summed E-state index contributed by atoms with van der Waals surface area (Å²) in [5.41, 5.74) is 1.71. The number of carbonyl (C=O) groups is 1. The minimum atomic E-state index is -3.48. The van der Waals surface area contributed by atoms with E-state index in [1.165, 1.54) is 7.05 Å². The van der Waals surface area contributed by atoms with Crippen molar-refractivity contribution in [3.63, 3.8) is 0 Å². The molecule has 2 aliphatic heterocycles. The highest BCUT2D eigenvalue weighted by Crippen LogP contribution is 2.28. The monoisotopic (exact) mass is 338 g/mol. The second kappa shape index (κ2) is 6.22. The topological polar surface area (TPSA) is 75.7 Å². The average Bonchev–Trinajstić information content (AvgIpc) is 2.99. The Bertz CT molecular complexity index is 717. The van der Waals surface area contributed by atoms with E-state index in [0.717, 1.165) is 17.5 Å². The van der Waals surface area contributed by atoms with Crippen LogP contribution in [-0.4, -0.2) is 45.5 Å². The Morgan fingerprint density at radius 1 is 1.39 bits per heavy atom. The number of hydrogen-bond donors (Lipinski definition) is 1. The van der Waals surface area contributed by atoms with Crippen molar-refractivity contribution in [2.75, 3.05) is 20.2 Å². The second-order valence-electron chi connectivity index (χ2n) is 6.17. The molecular formula is C16H22N2O4S. The summed E-state index contributed by atoms with van der Waals surface area (Å²) in [5.74, 6) is 0.252. The van der Waals surface area contributed by atoms with E-state index in [2.05, 4.69) is 4.72 Å². The molecule has 0 saturated carbocycles. The molecule has 2 aliphatic rings. The third-order valence-corrected chi connectivity index (χ3v) is 6.22. The van der Waals surface area contributed by atoms with Crippen LogP contribution >= 0.6 is 0 Å². The first-order valence-corrected chi connectivity index (χ1v) is 9.37. The molecular weight excluding hydrogens is 316 g/mol. The van der Waals surface area contributed by atoms with Crippen LogP contribution in [0.2, 0.25) is 0 Å². The number of fused-ring (bicyclic) bond motifs is 1. The van der Waals surface area contributed by atoms with E-state index in [1.807, 2.05) is 13.0 Å². The first-order chi connectivity index (χ1) is 10.9. The number of hydrogen-bond acceptors (Lipinski definition) is 4. The number of ether oxygens (including phenoxy) is 1. The van der Waals surface area contributed by atoms with Gasteiger partial charge in [0.15, 0.2) is 0 Å². The Hall–Kier alpha value is -1.44. The fourth-order valence-corrected chi connectivity index (χ4v) is 4.35. The van der Waals surface area contributed by atoms with Crippen LogP contribution in [0.3, 0.4) is 0 Å². The van der Waals surface area contributed by atoms with Crippen molar-refractivity contribution in [3.05, 3.63) is 29.3 Å². The number of nitrogens with zero attached hydrogens (tertiary/aromatic N) is 1. The van der Waals surface area contributed by atoms with Gasteiger partial charge in [-0.2, -0.15) is 0 Å². The number of benzene rings is 1. The number of nitrogens with one attached hydrogen (secondary N) is 1. The summed E-state index contributed by atoms with van der Waals surface area (Å²) >= 11 is 0. The molecule has 23 heavy (non-hydrogen) atoms. The Morgan fingerprint density at radius 3 is 2.83 bits per heavy atom. The van der Waals surface area contributed by atoms with Gasteiger partial charge in [0.1, 0.15) is 6.10 Å². The lowest BCUT2D eigenvalue weighted by atomic mass is 9.97. The largest absolute Gasteiger partial charge is 0.368 e. The van der Waals surface area contributed by atoms with Crippen LogP contribution in [0.5, 0.6) is 0 Å². The average molecular weight is 338 g/mol. The molecule has 2 heterocycles. The molecule has 0 aliphatic carbocycles. The van der Waals surface area contributed by atoms with E-state index in [0.29, 0.717) is 31.0 Å². The molecule has 0 unspecified atom stereocenters. The molecule has 1 aromatic carbocycles. The van der Waals surface area contributed by atoms with Crippen molar-refractivity contribution in [2.24, 2.45) is 5.92 Å². The van der Waals surface area contributed by atoms with Gasteiger partial charge in [-0.15, -0.1) is 0 Å². The normalized spacial score (nSPS) is 24.5. The van der Waals surface area contributed by atoms with Crippen LogP contribution in [0, 0.1) is 5.92 Å². The first kappa shape index (κ1) is 16.4. The van der Waals surface area contributed by atoms with Gasteiger partial charge < -0.3 is 9.64 Å². The fraction of sp³-hybridized carbons (Fsp3) is 0.562. The van der Waals surface area contributed by atoms with Crippen LogP contribution in [0.1, 0.15) is 24.5 Å². The van der Waals surface area contributed by atoms with Gasteiger partial charge in [-0.3, -0.25) is 4.79 Å². The molecule has 6 nitrogen and oxygen atoms in total. The predicted octanol–water partition coefficient (Wildman–Crippen LogP) is 0.904. The number of amides is 1. The third kappa shape index (κ3) is 3.00. The molecule has 3 rings (SSSR count). The molecule has 0 bridgehead atoms. The van der Waals surface area contributed by atoms with Crippen molar-refractivity contribution in [2.45, 2.75) is 37.3 Å². The third-order valence-electron chi connectivity index (χ3n) is 4.72. The standard InChI is InChI=1S/C16H22N2O4S/c1-11-7-9-22-15(11)16(19)18-8-6-13-12(10-18)4-3-5-14(13)23(20,21)17-2/h3-5,11,15,17H,6-10H2,1-2H3/t11-,15+/m1/s1. The molecule has 1 amide bonds. The van der Waals surface area contributed by atoms with Crippen LogP contribution in [0.25, 0.3) is 0 Å². The highest BCUT2D eigenvalue weighted by atomic mass is 32.2. The Labute approximate surface area is 136 Å². The zero-order valence-electron chi connectivity index (χ0n) is 13.4. The van der Waals surface area contributed by atoms with E-state index in [9.17, 15) is 13.2 Å². The molecule has 126 valence electrons. The number of rotatable bonds is 3. The smallest absolute Gasteiger partial charge is 0.252 e. The van der Waals surface area contributed by atoms with E-state index in [-0.39, 0.29) is 17.9 Å². The van der Waals surface area contributed by atoms with Gasteiger partial charge in [-0.1, -0.05) is 19.1 Å². The summed E-state index contributed by atoms with van der Waals surface area (Å²) < 4.78 is 32.2. The molecule has 1 fully saturated rings. The SMILES string of the molecule is CNS(=O)(=O)c1cccc2c1CCN(C(=O)[C@H]1OCC[C@H]1C)C2. The highest BCUT2D eigenvalue weighted by Gasteiger charge is 2.35. The predicted molar refractivity (Wildman–Crippen MR) is 85.3 cm³/mol. The Kier molecular flexibility index (Phi) is 4.44. The van der Waals surface area contributed by atoms with Gasteiger partial charge in [0.2, 0.25) is 10.0 Å². The van der Waals surface area contributed by atoms with Crippen molar-refractivity contribution >= 4 is 15.9 Å². The minimum absolute atomic E-state index is 0.0162. The molecule has 1 aromatic rings. The fourth-order valence-electron chi connectivity index (χ4n) is 3.32. The van der Waals surface area contributed by atoms with Crippen LogP contribution in [-0.2, 0) is 32.5 Å². The van der Waals surface area contributed by atoms with Crippen LogP contribution in [0.15, 0.2) is 23.1 Å². The Morgan fingerprint density at radius 2 is 2.17 bits per heavy atom. The van der Waals surface area contributed by atoms with Crippen LogP contribution < -0.4 is 4.72 Å². The summed E-state index contributed by atoms with van der Waals surface area (Å²) in [6.07, 6.45) is 1.09. The van der Waals surface area contributed by atoms with Gasteiger partial charge in [0.25, 0.3) is 5.91 Å². The second-order valence-corrected chi connectivity index (χ2v) is 8.02. The van der Waals surface area contributed by atoms with Gasteiger partial charge in [-0.25, -0.2) is 13.1 Å². The minimum Gasteiger partial charge on any atom is -0.368 e. The van der Waals surface area contributed by atoms with Crippen molar-refractivity contribution in [3.8, 4) is 0 Å². The lowest BCUT2D eigenvalue weighted by Crippen LogP contribution is -2.44. The molecule has 1 saturated heterocycles. The zero-order chi connectivity index (χ0) is 16.6. The van der Waals surface area contributed by atoms with Gasteiger partial charge in [0.05, 0.1) is 4.90 Å². The quantitative estimate of drug-likeness (QED) is 0.889.